The molecule has 3 aliphatic heterocycles. The molecule has 0 saturated carbocycles. The lowest BCUT2D eigenvalue weighted by Gasteiger charge is -2.46. The van der Waals surface area contributed by atoms with Crippen molar-refractivity contribution in [2.45, 2.75) is 71.1 Å². The Morgan fingerprint density at radius 3 is 1.59 bits per heavy atom. The average molecular weight is 858 g/mol. The van der Waals surface area contributed by atoms with Crippen LogP contribution < -0.4 is 10.6 Å². The smallest absolute Gasteiger partial charge is 0.407 e. The van der Waals surface area contributed by atoms with Crippen molar-refractivity contribution >= 4 is 34.0 Å². The van der Waals surface area contributed by atoms with Crippen molar-refractivity contribution in [1.29, 1.82) is 0 Å². The Kier molecular flexibility index (Phi) is 12.3. The molecule has 4 amide bonds. The highest BCUT2D eigenvalue weighted by Crippen LogP contribution is 2.49. The van der Waals surface area contributed by atoms with Gasteiger partial charge in [0.15, 0.2) is 0 Å². The van der Waals surface area contributed by atoms with Crippen LogP contribution in [0.3, 0.4) is 0 Å². The monoisotopic (exact) mass is 857 g/mol. The highest BCUT2D eigenvalue weighted by Gasteiger charge is 2.56. The number of nitrogens with one attached hydrogen (secondary N) is 4. The molecule has 3 aliphatic rings. The van der Waals surface area contributed by atoms with Gasteiger partial charge in [0.05, 0.1) is 56.3 Å². The normalized spacial score (nSPS) is 19.8. The number of likely N-dealkylation sites (tertiary alicyclic amines) is 2. The topological polar surface area (TPSA) is 212 Å². The van der Waals surface area contributed by atoms with Gasteiger partial charge < -0.3 is 39.9 Å². The highest BCUT2D eigenvalue weighted by atomic mass is 32.2. The summed E-state index contributed by atoms with van der Waals surface area (Å²) in [7, 11) is -0.848. The molecule has 61 heavy (non-hydrogen) atoms. The van der Waals surface area contributed by atoms with Crippen molar-refractivity contribution in [3.8, 4) is 33.6 Å². The second kappa shape index (κ2) is 17.3. The minimum absolute atomic E-state index is 0.122. The van der Waals surface area contributed by atoms with Gasteiger partial charge in [-0.3, -0.25) is 9.59 Å². The summed E-state index contributed by atoms with van der Waals surface area (Å²) in [5.41, 5.74) is 5.03. The maximum absolute atomic E-state index is 14.1. The summed E-state index contributed by atoms with van der Waals surface area (Å²) in [4.78, 5) is 71.6. The third kappa shape index (κ3) is 9.00. The molecule has 4 aromatic rings. The standard InChI is InChI=1S/C43H55N9O8S/c1-25(2)35(48-41(55)59-5)39(53)51-18-8-9-33(51)37-44-20-31(46-37)29-14-10-27(11-15-29)28-12-16-30(17-13-28)32-21-45-38(47-32)34-19-43(22-50(23-43)61(7,57)58)24-52(34)40(54)36(26(3)4)49-42(56)60-6/h10-17,20-21,25-26,33-36H,8-9,18-19,22-24H2,1-7H3,(H,44,46)(H,45,47)(H,48,55)(H,49,56)/t33-,34?,35-,36?/m0/s1. The fraction of sp³-hybridized carbons (Fsp3) is 0.488. The van der Waals surface area contributed by atoms with Crippen molar-refractivity contribution in [3.05, 3.63) is 72.6 Å². The van der Waals surface area contributed by atoms with Gasteiger partial charge in [-0.1, -0.05) is 76.2 Å². The van der Waals surface area contributed by atoms with Crippen molar-refractivity contribution in [1.82, 2.24) is 44.7 Å². The van der Waals surface area contributed by atoms with E-state index >= 15 is 0 Å². The molecule has 3 fully saturated rings. The number of sulfonamides is 1. The third-order valence-corrected chi connectivity index (χ3v) is 13.3. The lowest BCUT2D eigenvalue weighted by molar-refractivity contribution is -0.136. The Morgan fingerprint density at radius 2 is 1.15 bits per heavy atom. The molecule has 18 heteroatoms. The van der Waals surface area contributed by atoms with Crippen LogP contribution in [0.25, 0.3) is 33.6 Å². The Hall–Kier alpha value is -5.75. The second-order valence-corrected chi connectivity index (χ2v) is 19.1. The van der Waals surface area contributed by atoms with Gasteiger partial charge >= 0.3 is 12.2 Å². The first kappa shape index (κ1) is 43.3. The van der Waals surface area contributed by atoms with Gasteiger partial charge in [-0.2, -0.15) is 0 Å². The number of hydrogen-bond donors (Lipinski definition) is 4. The summed E-state index contributed by atoms with van der Waals surface area (Å²) in [6, 6.07) is 14.0. The Morgan fingerprint density at radius 1 is 0.705 bits per heavy atom. The van der Waals surface area contributed by atoms with Crippen molar-refractivity contribution in [2.24, 2.45) is 17.3 Å². The first-order chi connectivity index (χ1) is 29.0. The molecule has 5 heterocycles. The van der Waals surface area contributed by atoms with Crippen LogP contribution >= 0.6 is 0 Å². The number of carbonyl (C=O) groups excluding carboxylic acids is 4. The van der Waals surface area contributed by atoms with E-state index in [0.29, 0.717) is 44.2 Å². The lowest BCUT2D eigenvalue weighted by atomic mass is 9.79. The lowest BCUT2D eigenvalue weighted by Crippen LogP contribution is -2.60. The van der Waals surface area contributed by atoms with Crippen LogP contribution in [0.5, 0.6) is 0 Å². The minimum Gasteiger partial charge on any atom is -0.453 e. The van der Waals surface area contributed by atoms with Crippen LogP contribution in [-0.2, 0) is 29.1 Å². The van der Waals surface area contributed by atoms with Crippen LogP contribution in [0.4, 0.5) is 9.59 Å². The van der Waals surface area contributed by atoms with E-state index in [0.717, 1.165) is 46.5 Å². The van der Waals surface area contributed by atoms with Gasteiger partial charge in [-0.15, -0.1) is 0 Å². The van der Waals surface area contributed by atoms with E-state index < -0.39 is 45.8 Å². The molecule has 4 N–H and O–H groups in total. The second-order valence-electron chi connectivity index (χ2n) is 17.1. The molecule has 0 bridgehead atoms. The molecule has 17 nitrogen and oxygen atoms in total. The molecular weight excluding hydrogens is 803 g/mol. The molecule has 0 aliphatic carbocycles. The Labute approximate surface area is 356 Å². The summed E-state index contributed by atoms with van der Waals surface area (Å²) >= 11 is 0. The zero-order chi connectivity index (χ0) is 43.8. The number of nitrogens with zero attached hydrogens (tertiary/aromatic N) is 5. The van der Waals surface area contributed by atoms with Crippen LogP contribution in [0.2, 0.25) is 0 Å². The maximum atomic E-state index is 14.1. The van der Waals surface area contributed by atoms with E-state index in [-0.39, 0.29) is 29.7 Å². The first-order valence-corrected chi connectivity index (χ1v) is 22.4. The minimum atomic E-state index is -3.38. The van der Waals surface area contributed by atoms with Crippen molar-refractivity contribution in [3.63, 3.8) is 0 Å². The SMILES string of the molecule is COC(=O)NC(C(=O)N1CC2(CC1c1ncc(-c3ccc(-c4ccc(-c5cnc([C@@H]6CCCN6C(=O)[C@@H](NC(=O)OC)C(C)C)[nH]5)cc4)cc3)[nH]1)CN(S(C)(=O)=O)C2)C(C)C. The maximum Gasteiger partial charge on any atom is 0.407 e. The molecule has 2 aromatic heterocycles. The quantitative estimate of drug-likeness (QED) is 0.148. The van der Waals surface area contributed by atoms with Crippen LogP contribution in [0.15, 0.2) is 60.9 Å². The molecule has 3 saturated heterocycles. The number of imidazole rings is 2. The molecule has 1 spiro atoms. The Balaban J connectivity index is 1.04. The summed E-state index contributed by atoms with van der Waals surface area (Å²) in [5, 5.41) is 5.37. The van der Waals surface area contributed by atoms with Gasteiger partial charge in [0.1, 0.15) is 23.7 Å². The molecule has 2 unspecified atom stereocenters. The van der Waals surface area contributed by atoms with Gasteiger partial charge in [0, 0.05) is 31.6 Å². The molecular formula is C43H55N9O8S. The fourth-order valence-electron chi connectivity index (χ4n) is 8.76. The van der Waals surface area contributed by atoms with E-state index in [2.05, 4.69) is 25.6 Å². The number of rotatable bonds is 12. The summed E-state index contributed by atoms with van der Waals surface area (Å²) in [6.07, 6.45) is 5.48. The number of ether oxygens (including phenoxy) is 2. The molecule has 4 atom stereocenters. The van der Waals surface area contributed by atoms with E-state index in [4.69, 9.17) is 14.5 Å². The number of aromatic amines is 2. The molecule has 0 radical (unpaired) electrons. The summed E-state index contributed by atoms with van der Waals surface area (Å²) in [5.74, 6) is 0.499. The fourth-order valence-corrected chi connectivity index (χ4v) is 9.78. The number of aromatic nitrogens is 4. The zero-order valence-electron chi connectivity index (χ0n) is 35.6. The van der Waals surface area contributed by atoms with E-state index in [1.165, 1.54) is 24.8 Å². The average Bonchev–Trinajstić information content (AvgIpc) is 4.06. The predicted molar refractivity (Wildman–Crippen MR) is 227 cm³/mol. The number of hydrogen-bond acceptors (Lipinski definition) is 10. The molecule has 326 valence electrons. The largest absolute Gasteiger partial charge is 0.453 e. The number of benzene rings is 2. The molecule has 2 aromatic carbocycles. The van der Waals surface area contributed by atoms with E-state index in [1.54, 1.807) is 22.2 Å². The van der Waals surface area contributed by atoms with Crippen molar-refractivity contribution in [2.75, 3.05) is 46.7 Å². The van der Waals surface area contributed by atoms with Gasteiger partial charge in [0.2, 0.25) is 21.8 Å². The van der Waals surface area contributed by atoms with Crippen molar-refractivity contribution < 1.29 is 37.1 Å². The van der Waals surface area contributed by atoms with Gasteiger partial charge in [-0.25, -0.2) is 32.3 Å². The third-order valence-electron chi connectivity index (χ3n) is 12.2. The highest BCUT2D eigenvalue weighted by molar-refractivity contribution is 7.88. The number of H-pyrrole nitrogens is 2. The number of carbonyl (C=O) groups is 4. The number of alkyl carbamates (subject to hydrolysis) is 2. The zero-order valence-corrected chi connectivity index (χ0v) is 36.4. The Bertz CT molecular complexity index is 2350. The number of amides is 4. The van der Waals surface area contributed by atoms with Crippen LogP contribution in [-0.4, -0.2) is 125 Å². The first-order valence-electron chi connectivity index (χ1n) is 20.6. The van der Waals surface area contributed by atoms with Crippen LogP contribution in [0, 0.1) is 17.3 Å². The van der Waals surface area contributed by atoms with E-state index in [9.17, 15) is 27.6 Å². The summed E-state index contributed by atoms with van der Waals surface area (Å²) in [6.45, 7) is 8.99. The molecule has 7 rings (SSSR count). The van der Waals surface area contributed by atoms with E-state index in [1.807, 2.05) is 76.2 Å². The number of methoxy groups -OCH3 is 2. The summed E-state index contributed by atoms with van der Waals surface area (Å²) < 4.78 is 35.6. The van der Waals surface area contributed by atoms with Crippen LogP contribution in [0.1, 0.15) is 70.7 Å². The van der Waals surface area contributed by atoms with Gasteiger partial charge in [0.25, 0.3) is 0 Å². The van der Waals surface area contributed by atoms with Gasteiger partial charge in [-0.05, 0) is 53.4 Å². The predicted octanol–water partition coefficient (Wildman–Crippen LogP) is 5.09.